The second kappa shape index (κ2) is 10.0. The number of thiocarbonyl (C=S) groups is 1. The molecular formula is C21H24BrN3O2S. The molecule has 0 aliphatic carbocycles. The van der Waals surface area contributed by atoms with Gasteiger partial charge in [0.15, 0.2) is 5.11 Å². The number of nitrogens with zero attached hydrogens (tertiary/aromatic N) is 1. The van der Waals surface area contributed by atoms with Crippen LogP contribution >= 0.6 is 28.1 Å². The molecule has 2 N–H and O–H groups in total. The van der Waals surface area contributed by atoms with E-state index in [1.54, 1.807) is 18.2 Å². The summed E-state index contributed by atoms with van der Waals surface area (Å²) in [6, 6.07) is 13.3. The van der Waals surface area contributed by atoms with E-state index >= 15 is 0 Å². The van der Waals surface area contributed by atoms with Crippen molar-refractivity contribution in [3.8, 4) is 5.75 Å². The van der Waals surface area contributed by atoms with Crippen molar-refractivity contribution in [3.05, 3.63) is 58.1 Å². The lowest BCUT2D eigenvalue weighted by molar-refractivity contribution is 0.0977. The van der Waals surface area contributed by atoms with Crippen LogP contribution in [0.25, 0.3) is 0 Å². The zero-order valence-corrected chi connectivity index (χ0v) is 18.2. The molecule has 1 aliphatic rings. The molecule has 148 valence electrons. The number of hydrogen-bond donors (Lipinski definition) is 2. The fourth-order valence-corrected chi connectivity index (χ4v) is 3.85. The Labute approximate surface area is 179 Å². The van der Waals surface area contributed by atoms with Crippen LogP contribution in [0.4, 0.5) is 5.69 Å². The van der Waals surface area contributed by atoms with Crippen molar-refractivity contribution in [2.24, 2.45) is 0 Å². The van der Waals surface area contributed by atoms with Gasteiger partial charge in [0.05, 0.1) is 11.1 Å². The maximum atomic E-state index is 12.4. The first-order valence-electron chi connectivity index (χ1n) is 9.41. The minimum atomic E-state index is -0.271. The van der Waals surface area contributed by atoms with Crippen LogP contribution in [0.2, 0.25) is 0 Å². The van der Waals surface area contributed by atoms with Gasteiger partial charge in [-0.2, -0.15) is 0 Å². The summed E-state index contributed by atoms with van der Waals surface area (Å²) in [6.07, 6.45) is 2.58. The van der Waals surface area contributed by atoms with Gasteiger partial charge in [-0.15, -0.1) is 0 Å². The van der Waals surface area contributed by atoms with Gasteiger partial charge in [-0.05, 0) is 96.9 Å². The number of amides is 1. The minimum Gasteiger partial charge on any atom is -0.493 e. The van der Waals surface area contributed by atoms with E-state index in [1.807, 2.05) is 19.1 Å². The van der Waals surface area contributed by atoms with Crippen LogP contribution in [0, 0.1) is 0 Å². The van der Waals surface area contributed by atoms with Crippen molar-refractivity contribution in [3.63, 3.8) is 0 Å². The second-order valence-corrected chi connectivity index (χ2v) is 7.93. The van der Waals surface area contributed by atoms with Crippen molar-refractivity contribution in [1.29, 1.82) is 0 Å². The number of likely N-dealkylation sites (tertiary alicyclic amines) is 1. The third kappa shape index (κ3) is 5.77. The molecule has 2 aromatic rings. The first-order valence-corrected chi connectivity index (χ1v) is 10.6. The highest BCUT2D eigenvalue weighted by molar-refractivity contribution is 9.10. The predicted molar refractivity (Wildman–Crippen MR) is 120 cm³/mol. The maximum Gasteiger partial charge on any atom is 0.257 e. The number of carbonyl (C=O) groups is 1. The molecule has 0 bridgehead atoms. The maximum absolute atomic E-state index is 12.4. The Balaban J connectivity index is 1.53. The van der Waals surface area contributed by atoms with Gasteiger partial charge < -0.3 is 10.1 Å². The zero-order chi connectivity index (χ0) is 19.9. The molecule has 0 spiro atoms. The van der Waals surface area contributed by atoms with Gasteiger partial charge in [-0.3, -0.25) is 15.0 Å². The standard InChI is InChI=1S/C21H24BrN3O2S/c1-2-27-19-10-7-16(13-18(19)22)20(26)24-21(28)23-17-8-5-15(6-9-17)14-25-11-3-4-12-25/h5-10,13H,2-4,11-12,14H2,1H3,(H2,23,24,26,28). The first kappa shape index (κ1) is 20.8. The van der Waals surface area contributed by atoms with E-state index in [1.165, 1.54) is 31.5 Å². The summed E-state index contributed by atoms with van der Waals surface area (Å²) >= 11 is 8.69. The van der Waals surface area contributed by atoms with E-state index in [-0.39, 0.29) is 11.0 Å². The zero-order valence-electron chi connectivity index (χ0n) is 15.8. The molecule has 5 nitrogen and oxygen atoms in total. The Morgan fingerprint density at radius 2 is 1.89 bits per heavy atom. The summed E-state index contributed by atoms with van der Waals surface area (Å²) in [5, 5.41) is 6.03. The van der Waals surface area contributed by atoms with Crippen molar-refractivity contribution in [1.82, 2.24) is 10.2 Å². The molecule has 1 amide bonds. The molecule has 1 fully saturated rings. The molecule has 28 heavy (non-hydrogen) atoms. The fourth-order valence-electron chi connectivity index (χ4n) is 3.14. The van der Waals surface area contributed by atoms with E-state index in [0.717, 1.165) is 16.7 Å². The molecule has 2 aromatic carbocycles. The Hall–Kier alpha value is -1.96. The smallest absolute Gasteiger partial charge is 0.257 e. The molecule has 3 rings (SSSR count). The molecular weight excluding hydrogens is 438 g/mol. The number of carbonyl (C=O) groups excluding carboxylic acids is 1. The molecule has 1 saturated heterocycles. The summed E-state index contributed by atoms with van der Waals surface area (Å²) in [6.45, 7) is 5.81. The van der Waals surface area contributed by atoms with E-state index in [4.69, 9.17) is 17.0 Å². The van der Waals surface area contributed by atoms with Gasteiger partial charge in [0.25, 0.3) is 5.91 Å². The highest BCUT2D eigenvalue weighted by atomic mass is 79.9. The lowest BCUT2D eigenvalue weighted by Crippen LogP contribution is -2.34. The largest absolute Gasteiger partial charge is 0.493 e. The number of halogens is 1. The van der Waals surface area contributed by atoms with Crippen molar-refractivity contribution in [2.45, 2.75) is 26.3 Å². The average molecular weight is 462 g/mol. The van der Waals surface area contributed by atoms with E-state index in [9.17, 15) is 4.79 Å². The molecule has 1 aliphatic heterocycles. The van der Waals surface area contributed by atoms with Crippen molar-refractivity contribution in [2.75, 3.05) is 25.0 Å². The van der Waals surface area contributed by atoms with Gasteiger partial charge >= 0.3 is 0 Å². The van der Waals surface area contributed by atoms with Crippen LogP contribution in [-0.4, -0.2) is 35.6 Å². The summed E-state index contributed by atoms with van der Waals surface area (Å²) in [5.41, 5.74) is 2.63. The van der Waals surface area contributed by atoms with Crippen LogP contribution in [0.1, 0.15) is 35.7 Å². The molecule has 7 heteroatoms. The number of hydrogen-bond acceptors (Lipinski definition) is 4. The van der Waals surface area contributed by atoms with E-state index in [2.05, 4.69) is 43.6 Å². The topological polar surface area (TPSA) is 53.6 Å². The van der Waals surface area contributed by atoms with E-state index in [0.29, 0.717) is 17.9 Å². The number of rotatable bonds is 6. The Bertz CT molecular complexity index is 836. The van der Waals surface area contributed by atoms with Crippen LogP contribution in [0.15, 0.2) is 46.9 Å². The van der Waals surface area contributed by atoms with Gasteiger partial charge in [0.2, 0.25) is 0 Å². The first-order chi connectivity index (χ1) is 13.5. The Morgan fingerprint density at radius 1 is 1.18 bits per heavy atom. The SMILES string of the molecule is CCOc1ccc(C(=O)NC(=S)Nc2ccc(CN3CCCC3)cc2)cc1Br. The monoisotopic (exact) mass is 461 g/mol. The molecule has 1 heterocycles. The summed E-state index contributed by atoms with van der Waals surface area (Å²) < 4.78 is 6.19. The quantitative estimate of drug-likeness (QED) is 0.616. The number of anilines is 1. The fraction of sp³-hybridized carbons (Fsp3) is 0.333. The summed E-state index contributed by atoms with van der Waals surface area (Å²) in [5.74, 6) is 0.431. The highest BCUT2D eigenvalue weighted by Crippen LogP contribution is 2.26. The summed E-state index contributed by atoms with van der Waals surface area (Å²) in [7, 11) is 0. The lowest BCUT2D eigenvalue weighted by atomic mass is 10.2. The molecule has 0 radical (unpaired) electrons. The predicted octanol–water partition coefficient (Wildman–Crippen LogP) is 4.57. The van der Waals surface area contributed by atoms with Crippen LogP contribution in [0.5, 0.6) is 5.75 Å². The van der Waals surface area contributed by atoms with E-state index < -0.39 is 0 Å². The van der Waals surface area contributed by atoms with Gasteiger partial charge in [-0.25, -0.2) is 0 Å². The Morgan fingerprint density at radius 3 is 2.54 bits per heavy atom. The van der Waals surface area contributed by atoms with Crippen LogP contribution in [-0.2, 0) is 6.54 Å². The number of nitrogens with one attached hydrogen (secondary N) is 2. The Kier molecular flexibility index (Phi) is 7.42. The molecule has 0 atom stereocenters. The number of benzene rings is 2. The third-order valence-electron chi connectivity index (χ3n) is 4.54. The lowest BCUT2D eigenvalue weighted by Gasteiger charge is -2.15. The van der Waals surface area contributed by atoms with Crippen molar-refractivity contribution < 1.29 is 9.53 Å². The van der Waals surface area contributed by atoms with Gasteiger partial charge in [0.1, 0.15) is 5.75 Å². The third-order valence-corrected chi connectivity index (χ3v) is 5.36. The van der Waals surface area contributed by atoms with Gasteiger partial charge in [0, 0.05) is 17.8 Å². The minimum absolute atomic E-state index is 0.266. The number of ether oxygens (including phenoxy) is 1. The van der Waals surface area contributed by atoms with Crippen LogP contribution in [0.3, 0.4) is 0 Å². The average Bonchev–Trinajstić information content (AvgIpc) is 3.18. The van der Waals surface area contributed by atoms with Crippen LogP contribution < -0.4 is 15.4 Å². The van der Waals surface area contributed by atoms with Crippen molar-refractivity contribution >= 4 is 44.9 Å². The molecule has 0 unspecified atom stereocenters. The second-order valence-electron chi connectivity index (χ2n) is 6.67. The normalized spacial score (nSPS) is 13.9. The molecule has 0 saturated carbocycles. The van der Waals surface area contributed by atoms with Gasteiger partial charge in [-0.1, -0.05) is 12.1 Å². The molecule has 0 aromatic heterocycles. The summed E-state index contributed by atoms with van der Waals surface area (Å²) in [4.78, 5) is 14.9. The highest BCUT2D eigenvalue weighted by Gasteiger charge is 2.13.